The molecule has 0 bridgehead atoms. The Morgan fingerprint density at radius 2 is 0.618 bits per heavy atom. The fourth-order valence-corrected chi connectivity index (χ4v) is 10.3. The lowest BCUT2D eigenvalue weighted by molar-refractivity contribution is -0.307. The van der Waals surface area contributed by atoms with Gasteiger partial charge in [0.05, 0.1) is 32.2 Å². The van der Waals surface area contributed by atoms with E-state index in [0.717, 1.165) is 162 Å². The molecule has 2 rings (SSSR count). The number of aliphatic carboxylic acids is 4. The number of nitrogens with one attached hydrogen (secondary N) is 15. The molecule has 0 spiro atoms. The van der Waals surface area contributed by atoms with Gasteiger partial charge < -0.3 is 254 Å². The molecule has 56 nitrogen and oxygen atoms in total. The number of nitrogens with two attached hydrogens (primary N) is 26. The lowest BCUT2D eigenvalue weighted by atomic mass is 9.95. The second kappa shape index (κ2) is 126. The molecule has 6 atom stereocenters. The molecule has 0 aliphatic carbocycles. The predicted molar refractivity (Wildman–Crippen MR) is 576 cm³/mol. The van der Waals surface area contributed by atoms with Crippen LogP contribution in [0.3, 0.4) is 0 Å². The SMILES string of the molecule is NC(CC(N)C(=O)O)C(=O)[O-].NC(CNOCc1ccc(N(C=O)CC(N)C(=O)O)cc1)C(=O)O.NCC(=O)NCCCCCCNC(=O)CN.NCC(CN)CC(CN)CN.NCC(N)CC(N)CN.NCCNC(=O)CCCCC(=O)NCCN.NCCNCCCCCCNCCN.NCCNCNCCN.NCCNCNCCN.NCCNCNCCN.NCCNCc1ccc(CNCCN)cc1. The molecule has 0 aliphatic rings. The van der Waals surface area contributed by atoms with Crippen molar-refractivity contribution in [1.29, 1.82) is 0 Å². The molecule has 0 saturated heterocycles. The molecule has 144 heavy (non-hydrogen) atoms. The smallest absolute Gasteiger partial charge is 0.322 e. The number of rotatable bonds is 80. The summed E-state index contributed by atoms with van der Waals surface area (Å²) in [7, 11) is 0. The van der Waals surface area contributed by atoms with Crippen molar-refractivity contribution in [2.45, 2.75) is 152 Å². The Morgan fingerprint density at radius 3 is 0.903 bits per heavy atom. The number of anilines is 1. The van der Waals surface area contributed by atoms with Crippen LogP contribution in [0.25, 0.3) is 0 Å². The number of hydroxylamine groups is 1. The van der Waals surface area contributed by atoms with Crippen LogP contribution in [-0.2, 0) is 67.7 Å². The molecule has 0 aromatic heterocycles. The van der Waals surface area contributed by atoms with Crippen molar-refractivity contribution in [1.82, 2.24) is 79.9 Å². The fourth-order valence-electron chi connectivity index (χ4n) is 10.3. The molecule has 0 saturated carbocycles. The molecular formula is C88H205N42O14-. The third-order valence-corrected chi connectivity index (χ3v) is 18.6. The monoisotopic (exact) mass is 2070 g/mol. The minimum absolute atomic E-state index is 0.00329. The number of unbranched alkanes of at least 4 members (excludes halogenated alkanes) is 7. The number of carboxylic acid groups (broad SMARTS) is 4. The Balaban J connectivity index is -0.000000202. The zero-order valence-corrected chi connectivity index (χ0v) is 86.3. The van der Waals surface area contributed by atoms with E-state index < -0.39 is 48.0 Å². The molecule has 2 aromatic carbocycles. The van der Waals surface area contributed by atoms with Crippen LogP contribution < -0.4 is 239 Å². The largest absolute Gasteiger partial charge is 0.548 e. The van der Waals surface area contributed by atoms with Crippen LogP contribution in [0.15, 0.2) is 48.5 Å². The summed E-state index contributed by atoms with van der Waals surface area (Å²) in [6.07, 6.45) is 13.3. The number of benzene rings is 2. The van der Waals surface area contributed by atoms with Gasteiger partial charge in [-0.1, -0.05) is 62.1 Å². The summed E-state index contributed by atoms with van der Waals surface area (Å²) in [5.41, 5.74) is 144. The van der Waals surface area contributed by atoms with Crippen LogP contribution in [0.4, 0.5) is 5.69 Å². The molecule has 6 unspecified atom stereocenters. The summed E-state index contributed by atoms with van der Waals surface area (Å²) in [6, 6.07) is 10.4. The summed E-state index contributed by atoms with van der Waals surface area (Å²) >= 11 is 0. The Bertz CT molecular complexity index is 2900. The van der Waals surface area contributed by atoms with E-state index in [9.17, 15) is 48.3 Å². The summed E-state index contributed by atoms with van der Waals surface area (Å²) in [5, 5.41) is 77.9. The Kier molecular flexibility index (Phi) is 134. The topological polar surface area (TPSA) is 1110 Å². The molecular weight excluding hydrogens is 1870 g/mol. The van der Waals surface area contributed by atoms with E-state index in [1.165, 1.54) is 41.7 Å². The molecule has 5 amide bonds. The highest BCUT2D eigenvalue weighted by molar-refractivity contribution is 5.81. The van der Waals surface area contributed by atoms with E-state index in [1.807, 2.05) is 0 Å². The van der Waals surface area contributed by atoms with Gasteiger partial charge >= 0.3 is 17.9 Å². The molecule has 0 radical (unpaired) electrons. The van der Waals surface area contributed by atoms with Crippen molar-refractivity contribution < 1.29 is 68.4 Å². The van der Waals surface area contributed by atoms with Crippen molar-refractivity contribution in [3.63, 3.8) is 0 Å². The highest BCUT2D eigenvalue weighted by Crippen LogP contribution is 2.15. The average molecular weight is 2080 g/mol. The van der Waals surface area contributed by atoms with Gasteiger partial charge in [-0.15, -0.1) is 0 Å². The second-order valence-electron chi connectivity index (χ2n) is 31.7. The summed E-state index contributed by atoms with van der Waals surface area (Å²) in [5.74, 6) is -4.59. The second-order valence-corrected chi connectivity index (χ2v) is 31.7. The number of carbonyl (C=O) groups is 9. The number of nitrogens with zero attached hydrogens (tertiary/aromatic N) is 1. The van der Waals surface area contributed by atoms with Crippen molar-refractivity contribution in [2.75, 3.05) is 274 Å². The van der Waals surface area contributed by atoms with Gasteiger partial charge in [0.2, 0.25) is 30.0 Å². The van der Waals surface area contributed by atoms with Crippen LogP contribution >= 0.6 is 0 Å². The minimum atomic E-state index is -1.50. The Labute approximate surface area is 856 Å². The van der Waals surface area contributed by atoms with Gasteiger partial charge in [0.15, 0.2) is 0 Å². The molecule has 0 fully saturated rings. The van der Waals surface area contributed by atoms with Gasteiger partial charge in [-0.25, -0.2) is 5.48 Å². The summed E-state index contributed by atoms with van der Waals surface area (Å²) in [6.45, 7) is 28.9. The molecule has 852 valence electrons. The van der Waals surface area contributed by atoms with Crippen molar-refractivity contribution >= 4 is 59.6 Å². The van der Waals surface area contributed by atoms with Crippen molar-refractivity contribution in [2.24, 2.45) is 161 Å². The van der Waals surface area contributed by atoms with Crippen LogP contribution in [0.1, 0.15) is 113 Å². The third kappa shape index (κ3) is 125. The number of hydrogen-bond donors (Lipinski definition) is 44. The highest BCUT2D eigenvalue weighted by Gasteiger charge is 2.19. The maximum Gasteiger partial charge on any atom is 0.322 e. The quantitative estimate of drug-likeness (QED) is 0.0127. The third-order valence-electron chi connectivity index (χ3n) is 18.6. The summed E-state index contributed by atoms with van der Waals surface area (Å²) in [4.78, 5) is 102. The first-order valence-electron chi connectivity index (χ1n) is 49.5. The van der Waals surface area contributed by atoms with Crippen LogP contribution in [0, 0.1) is 11.8 Å². The maximum atomic E-state index is 11.1. The average Bonchev–Trinajstić information content (AvgIpc) is 0.873. The first kappa shape index (κ1) is 154. The summed E-state index contributed by atoms with van der Waals surface area (Å²) < 4.78 is 0. The number of carboxylic acids is 4. The molecule has 56 heteroatoms. The van der Waals surface area contributed by atoms with E-state index in [-0.39, 0.29) is 74.9 Å². The zero-order chi connectivity index (χ0) is 111. The maximum absolute atomic E-state index is 11.1. The van der Waals surface area contributed by atoms with Gasteiger partial charge in [-0.2, -0.15) is 0 Å². The highest BCUT2D eigenvalue weighted by atomic mass is 16.6. The van der Waals surface area contributed by atoms with Crippen molar-refractivity contribution in [3.8, 4) is 0 Å². The Morgan fingerprint density at radius 1 is 0.319 bits per heavy atom. The van der Waals surface area contributed by atoms with E-state index in [1.54, 1.807) is 24.3 Å². The van der Waals surface area contributed by atoms with Gasteiger partial charge in [-0.05, 0) is 138 Å². The lowest BCUT2D eigenvalue weighted by Crippen LogP contribution is -2.47. The number of hydrogen-bond acceptors (Lipinski definition) is 48. The van der Waals surface area contributed by atoms with Crippen LogP contribution in [0.2, 0.25) is 0 Å². The van der Waals surface area contributed by atoms with Gasteiger partial charge in [0.25, 0.3) is 0 Å². The van der Waals surface area contributed by atoms with Crippen LogP contribution in [0.5, 0.6) is 0 Å². The minimum Gasteiger partial charge on any atom is -0.548 e. The zero-order valence-electron chi connectivity index (χ0n) is 86.3. The first-order valence-corrected chi connectivity index (χ1v) is 49.5. The lowest BCUT2D eigenvalue weighted by Gasteiger charge is -2.19. The molecule has 2 aromatic rings. The first-order chi connectivity index (χ1) is 69.2. The normalized spacial score (nSPS) is 11.6. The predicted octanol–water partition coefficient (Wildman–Crippen LogP) is -17.3. The Hall–Kier alpha value is -7.85. The van der Waals surface area contributed by atoms with Crippen LogP contribution in [-0.4, -0.2) is 374 Å². The molecule has 0 aliphatic heterocycles. The van der Waals surface area contributed by atoms with E-state index in [0.29, 0.717) is 187 Å². The van der Waals surface area contributed by atoms with Gasteiger partial charge in [0.1, 0.15) is 18.1 Å². The fraction of sp³-hybridized carbons (Fsp3) is 0.761. The van der Waals surface area contributed by atoms with Crippen molar-refractivity contribution in [3.05, 3.63) is 65.2 Å². The van der Waals surface area contributed by atoms with Gasteiger partial charge in [-0.3, -0.25) is 43.2 Å². The van der Waals surface area contributed by atoms with E-state index in [4.69, 9.17) is 169 Å². The molecule has 70 N–H and O–H groups in total. The number of carbonyl (C=O) groups excluding carboxylic acids is 6. The van der Waals surface area contributed by atoms with E-state index >= 15 is 0 Å². The van der Waals surface area contributed by atoms with Gasteiger partial charge in [0, 0.05) is 260 Å². The number of amides is 5. The molecule has 0 heterocycles. The standard InChI is InChI=1S/C14H20N4O6.C12H22N4.2C10H22N4O2.C10H26N4.C7H20N4.4C5H16N4.C5H10N2O4/c15-11(13(20)21)5-17-24-7-9-1-3-10(4-2-9)18(8-19)6-12(16)14(22)23;13-5-7-15-9-11-1-2-12(4-3-11)10-16-8-6-14;11-5-7-13-9(15)3-1-2-4-10(16)14-8-6-12;11-7-9(15)13-5-3-1-2-4-6-14-10(16)8-12;11-5-9-13-7-3-1-2-4-8-14-10-6-12;8-2-6(3-9)1-7(4-10)5-11;6-2-4(8)1-5(9)3-7;3*6-1-3-8-5-9-4-2-7;6-2(4(8)9)1-3(7)5(10)11/h1-4,8,11-12,17H,5-7,15-16H2,(H,20,21)(H,22,23);1-4,15-16H,5-10,13-14H2;2*1-8,11-12H2,(H,13,15)(H,14,16);13-14H,1-12H2;6-7H,1-5,8-11H2;4-5H,1-3,6-9H2;3*8-9H,1-7H2;2-3H,1,6-7H2,(H,8,9)(H,10,11)/p-1. The van der Waals surface area contributed by atoms with E-state index in [2.05, 4.69) is 104 Å².